The van der Waals surface area contributed by atoms with Crippen molar-refractivity contribution in [3.05, 3.63) is 41.7 Å². The molecule has 0 aliphatic carbocycles. The van der Waals surface area contributed by atoms with Gasteiger partial charge < -0.3 is 5.32 Å². The number of benzene rings is 1. The third-order valence-corrected chi connectivity index (χ3v) is 3.79. The Morgan fingerprint density at radius 3 is 3.00 bits per heavy atom. The van der Waals surface area contributed by atoms with Crippen LogP contribution in [0.1, 0.15) is 24.0 Å². The number of nitrogens with zero attached hydrogens (tertiary/aromatic N) is 3. The van der Waals surface area contributed by atoms with Gasteiger partial charge in [-0.1, -0.05) is 6.07 Å². The predicted octanol–water partition coefficient (Wildman–Crippen LogP) is 2.05. The molecule has 2 heterocycles. The summed E-state index contributed by atoms with van der Waals surface area (Å²) < 4.78 is 8.35. The molecule has 0 aliphatic heterocycles. The molecule has 0 saturated carbocycles. The summed E-state index contributed by atoms with van der Waals surface area (Å²) in [5.41, 5.74) is 3.95. The number of aromatic nitrogens is 4. The van der Waals surface area contributed by atoms with Crippen molar-refractivity contribution in [3.63, 3.8) is 0 Å². The van der Waals surface area contributed by atoms with E-state index in [0.29, 0.717) is 13.0 Å². The molecule has 2 aromatic heterocycles. The largest absolute Gasteiger partial charge is 0.352 e. The minimum atomic E-state index is 0.0648. The second-order valence-electron chi connectivity index (χ2n) is 4.82. The fourth-order valence-electron chi connectivity index (χ4n) is 2.09. The molecular weight excluding hydrogens is 286 g/mol. The normalized spacial score (nSPS) is 10.9. The molecule has 0 radical (unpaired) electrons. The number of carbonyl (C=O) groups excluding carboxylic acids is 1. The first-order chi connectivity index (χ1) is 10.3. The van der Waals surface area contributed by atoms with Gasteiger partial charge in [-0.3, -0.25) is 9.89 Å². The Morgan fingerprint density at radius 2 is 2.14 bits per heavy atom. The SMILES string of the molecule is O=C(CCCc1cn[nH]c1)NCc1ccc2nsnc2c1. The highest BCUT2D eigenvalue weighted by atomic mass is 32.1. The molecular formula is C14H15N5OS. The Morgan fingerprint density at radius 1 is 1.24 bits per heavy atom. The molecule has 0 spiro atoms. The second-order valence-corrected chi connectivity index (χ2v) is 5.35. The zero-order chi connectivity index (χ0) is 14.5. The lowest BCUT2D eigenvalue weighted by molar-refractivity contribution is -0.121. The Bertz CT molecular complexity index is 722. The Balaban J connectivity index is 1.44. The number of amides is 1. The number of H-pyrrole nitrogens is 1. The number of rotatable bonds is 6. The van der Waals surface area contributed by atoms with Gasteiger partial charge in [-0.25, -0.2) is 0 Å². The Kier molecular flexibility index (Phi) is 4.20. The fraction of sp³-hybridized carbons (Fsp3) is 0.286. The van der Waals surface area contributed by atoms with Crippen molar-refractivity contribution in [2.24, 2.45) is 0 Å². The highest BCUT2D eigenvalue weighted by Crippen LogP contribution is 2.13. The molecule has 3 rings (SSSR count). The standard InChI is InChI=1S/C14H15N5OS/c20-14(3-1-2-11-8-16-17-9-11)15-7-10-4-5-12-13(6-10)19-21-18-12/h4-6,8-9H,1-3,7H2,(H,15,20)(H,16,17). The molecule has 0 saturated heterocycles. The summed E-state index contributed by atoms with van der Waals surface area (Å²) in [5, 5.41) is 9.58. The first-order valence-corrected chi connectivity index (χ1v) is 7.50. The van der Waals surface area contributed by atoms with Crippen LogP contribution in [0.4, 0.5) is 0 Å². The summed E-state index contributed by atoms with van der Waals surface area (Å²) >= 11 is 1.20. The lowest BCUT2D eigenvalue weighted by atomic mass is 10.1. The van der Waals surface area contributed by atoms with E-state index in [4.69, 9.17) is 0 Å². The van der Waals surface area contributed by atoms with E-state index in [1.165, 1.54) is 11.7 Å². The molecule has 21 heavy (non-hydrogen) atoms. The van der Waals surface area contributed by atoms with Gasteiger partial charge in [0.15, 0.2) is 0 Å². The predicted molar refractivity (Wildman–Crippen MR) is 80.8 cm³/mol. The van der Waals surface area contributed by atoms with E-state index in [2.05, 4.69) is 24.3 Å². The van der Waals surface area contributed by atoms with Gasteiger partial charge >= 0.3 is 0 Å². The summed E-state index contributed by atoms with van der Waals surface area (Å²) in [6, 6.07) is 5.86. The first kappa shape index (κ1) is 13.7. The fourth-order valence-corrected chi connectivity index (χ4v) is 2.61. The summed E-state index contributed by atoms with van der Waals surface area (Å²) in [4.78, 5) is 11.8. The van der Waals surface area contributed by atoms with Gasteiger partial charge in [0.05, 0.1) is 17.9 Å². The smallest absolute Gasteiger partial charge is 0.220 e. The van der Waals surface area contributed by atoms with Crippen LogP contribution >= 0.6 is 11.7 Å². The van der Waals surface area contributed by atoms with E-state index >= 15 is 0 Å². The van der Waals surface area contributed by atoms with Crippen LogP contribution in [-0.4, -0.2) is 24.9 Å². The van der Waals surface area contributed by atoms with E-state index < -0.39 is 0 Å². The number of fused-ring (bicyclic) bond motifs is 1. The van der Waals surface area contributed by atoms with Crippen molar-refractivity contribution < 1.29 is 4.79 Å². The Labute approximate surface area is 125 Å². The second kappa shape index (κ2) is 6.45. The third kappa shape index (κ3) is 3.63. The molecule has 0 unspecified atom stereocenters. The van der Waals surface area contributed by atoms with Crippen LogP contribution in [0.15, 0.2) is 30.6 Å². The molecule has 6 nitrogen and oxygen atoms in total. The van der Waals surface area contributed by atoms with E-state index in [0.717, 1.165) is 35.0 Å². The molecule has 1 aromatic carbocycles. The molecule has 0 fully saturated rings. The quantitative estimate of drug-likeness (QED) is 0.730. The summed E-state index contributed by atoms with van der Waals surface area (Å²) in [5.74, 6) is 0.0648. The van der Waals surface area contributed by atoms with Gasteiger partial charge in [-0.15, -0.1) is 0 Å². The van der Waals surface area contributed by atoms with E-state index in [9.17, 15) is 4.79 Å². The minimum Gasteiger partial charge on any atom is -0.352 e. The first-order valence-electron chi connectivity index (χ1n) is 6.77. The van der Waals surface area contributed by atoms with Crippen molar-refractivity contribution >= 4 is 28.7 Å². The topological polar surface area (TPSA) is 83.6 Å². The van der Waals surface area contributed by atoms with E-state index in [1.54, 1.807) is 6.20 Å². The van der Waals surface area contributed by atoms with Gasteiger partial charge in [0.25, 0.3) is 0 Å². The zero-order valence-electron chi connectivity index (χ0n) is 11.4. The van der Waals surface area contributed by atoms with Crippen LogP contribution in [0.2, 0.25) is 0 Å². The van der Waals surface area contributed by atoms with Crippen molar-refractivity contribution in [1.29, 1.82) is 0 Å². The maximum atomic E-state index is 11.8. The van der Waals surface area contributed by atoms with Crippen LogP contribution in [0, 0.1) is 0 Å². The molecule has 7 heteroatoms. The van der Waals surface area contributed by atoms with Crippen molar-refractivity contribution in [1.82, 2.24) is 24.3 Å². The average Bonchev–Trinajstić information content (AvgIpc) is 3.15. The minimum absolute atomic E-state index is 0.0648. The van der Waals surface area contributed by atoms with Gasteiger partial charge in [0, 0.05) is 19.2 Å². The van der Waals surface area contributed by atoms with Crippen LogP contribution in [-0.2, 0) is 17.8 Å². The molecule has 2 N–H and O–H groups in total. The molecule has 0 bridgehead atoms. The zero-order valence-corrected chi connectivity index (χ0v) is 12.2. The number of nitrogens with one attached hydrogen (secondary N) is 2. The molecule has 108 valence electrons. The van der Waals surface area contributed by atoms with Gasteiger partial charge in [0.2, 0.25) is 5.91 Å². The number of aryl methyl sites for hydroxylation is 1. The lowest BCUT2D eigenvalue weighted by Crippen LogP contribution is -2.22. The number of hydrogen-bond acceptors (Lipinski definition) is 5. The van der Waals surface area contributed by atoms with Crippen molar-refractivity contribution in [2.45, 2.75) is 25.8 Å². The summed E-state index contributed by atoms with van der Waals surface area (Å²) in [6.45, 7) is 0.526. The summed E-state index contributed by atoms with van der Waals surface area (Å²) in [7, 11) is 0. The third-order valence-electron chi connectivity index (χ3n) is 3.23. The molecule has 0 atom stereocenters. The van der Waals surface area contributed by atoms with Crippen molar-refractivity contribution in [3.8, 4) is 0 Å². The molecule has 3 aromatic rings. The van der Waals surface area contributed by atoms with Crippen LogP contribution in [0.25, 0.3) is 11.0 Å². The van der Waals surface area contributed by atoms with E-state index in [-0.39, 0.29) is 5.91 Å². The van der Waals surface area contributed by atoms with Gasteiger partial charge in [-0.05, 0) is 36.1 Å². The van der Waals surface area contributed by atoms with Crippen LogP contribution in [0.3, 0.4) is 0 Å². The van der Waals surface area contributed by atoms with Gasteiger partial charge in [-0.2, -0.15) is 13.8 Å². The van der Waals surface area contributed by atoms with Crippen LogP contribution < -0.4 is 5.32 Å². The molecule has 1 amide bonds. The Hall–Kier alpha value is -2.28. The van der Waals surface area contributed by atoms with Gasteiger partial charge in [0.1, 0.15) is 11.0 Å². The maximum Gasteiger partial charge on any atom is 0.220 e. The number of hydrogen-bond donors (Lipinski definition) is 2. The molecule has 0 aliphatic rings. The number of aromatic amines is 1. The van der Waals surface area contributed by atoms with Crippen molar-refractivity contribution in [2.75, 3.05) is 0 Å². The summed E-state index contributed by atoms with van der Waals surface area (Å²) in [6.07, 6.45) is 5.84. The van der Waals surface area contributed by atoms with E-state index in [1.807, 2.05) is 24.4 Å². The van der Waals surface area contributed by atoms with Crippen LogP contribution in [0.5, 0.6) is 0 Å². The highest BCUT2D eigenvalue weighted by molar-refractivity contribution is 7.00. The lowest BCUT2D eigenvalue weighted by Gasteiger charge is -2.05. The average molecular weight is 301 g/mol. The highest BCUT2D eigenvalue weighted by Gasteiger charge is 2.04. The monoisotopic (exact) mass is 301 g/mol. The number of carbonyl (C=O) groups is 1. The maximum absolute atomic E-state index is 11.8.